The van der Waals surface area contributed by atoms with Crippen molar-refractivity contribution in [3.63, 3.8) is 0 Å². The van der Waals surface area contributed by atoms with Crippen LogP contribution in [0.3, 0.4) is 0 Å². The smallest absolute Gasteiger partial charge is 0.250 e. The Labute approximate surface area is 205 Å². The molecule has 2 fully saturated rings. The molecule has 0 unspecified atom stereocenters. The lowest BCUT2D eigenvalue weighted by Crippen LogP contribution is -2.49. The molecule has 0 spiro atoms. The highest BCUT2D eigenvalue weighted by Gasteiger charge is 2.47. The van der Waals surface area contributed by atoms with E-state index in [1.807, 2.05) is 6.07 Å². The fourth-order valence-corrected chi connectivity index (χ4v) is 6.56. The fourth-order valence-electron chi connectivity index (χ4n) is 6.56. The summed E-state index contributed by atoms with van der Waals surface area (Å²) in [5, 5.41) is 19.3. The van der Waals surface area contributed by atoms with Gasteiger partial charge in [0, 0.05) is 32.4 Å². The molecule has 35 heavy (non-hydrogen) atoms. The number of benzene rings is 1. The summed E-state index contributed by atoms with van der Waals surface area (Å²) in [7, 11) is 3.71. The van der Waals surface area contributed by atoms with E-state index < -0.39 is 5.82 Å². The van der Waals surface area contributed by atoms with Crippen molar-refractivity contribution in [2.24, 2.45) is 17.9 Å². The highest BCUT2D eigenvalue weighted by Crippen LogP contribution is 2.56. The zero-order valence-corrected chi connectivity index (χ0v) is 20.9. The lowest BCUT2D eigenvalue weighted by molar-refractivity contribution is 0.0141. The Balaban J connectivity index is 1.39. The Morgan fingerprint density at radius 3 is 2.37 bits per heavy atom. The fraction of sp³-hybridized carbons (Fsp3) is 0.464. The van der Waals surface area contributed by atoms with E-state index >= 15 is 4.39 Å². The summed E-state index contributed by atoms with van der Waals surface area (Å²) in [6.07, 6.45) is 9.06. The molecule has 0 radical (unpaired) electrons. The maximum Gasteiger partial charge on any atom is 0.250 e. The second kappa shape index (κ2) is 8.47. The van der Waals surface area contributed by atoms with Gasteiger partial charge >= 0.3 is 0 Å². The number of pyridine rings is 1. The Morgan fingerprint density at radius 2 is 1.77 bits per heavy atom. The summed E-state index contributed by atoms with van der Waals surface area (Å²) >= 11 is 0. The third kappa shape index (κ3) is 4.44. The molecular weight excluding hydrogens is 443 g/mol. The van der Waals surface area contributed by atoms with E-state index in [0.717, 1.165) is 18.7 Å². The van der Waals surface area contributed by atoms with Gasteiger partial charge in [-0.1, -0.05) is 20.3 Å². The van der Waals surface area contributed by atoms with Crippen molar-refractivity contribution in [2.75, 3.05) is 11.9 Å². The minimum Gasteiger partial charge on any atom is -0.507 e. The van der Waals surface area contributed by atoms with Crippen LogP contribution >= 0.6 is 0 Å². The van der Waals surface area contributed by atoms with Crippen LogP contribution in [0.4, 0.5) is 10.2 Å². The predicted molar refractivity (Wildman–Crippen MR) is 136 cm³/mol. The molecule has 5 rings (SSSR count). The van der Waals surface area contributed by atoms with E-state index in [2.05, 4.69) is 36.0 Å². The van der Waals surface area contributed by atoms with Gasteiger partial charge in [0.25, 0.3) is 5.56 Å². The summed E-state index contributed by atoms with van der Waals surface area (Å²) < 4.78 is 16.5. The van der Waals surface area contributed by atoms with Gasteiger partial charge in [-0.25, -0.2) is 4.39 Å². The molecule has 1 aromatic carbocycles. The summed E-state index contributed by atoms with van der Waals surface area (Å²) in [4.78, 5) is 14.2. The number of aromatic hydroxyl groups is 1. The van der Waals surface area contributed by atoms with Crippen LogP contribution < -0.4 is 10.5 Å². The minimum absolute atomic E-state index is 0.00603. The first-order chi connectivity index (χ1) is 16.6. The molecule has 2 heterocycles. The van der Waals surface area contributed by atoms with Crippen LogP contribution in [0.1, 0.15) is 52.4 Å². The third-order valence-electron chi connectivity index (χ3n) is 8.19. The number of aryl methyl sites for hydroxylation is 1. The number of phenols is 1. The molecule has 2 aromatic heterocycles. The van der Waals surface area contributed by atoms with Crippen LogP contribution in [0.15, 0.2) is 47.4 Å². The Morgan fingerprint density at radius 1 is 1.06 bits per heavy atom. The van der Waals surface area contributed by atoms with Gasteiger partial charge in [-0.05, 0) is 84.4 Å². The van der Waals surface area contributed by atoms with Crippen molar-refractivity contribution in [2.45, 2.75) is 58.4 Å². The first kappa shape index (κ1) is 23.5. The maximum absolute atomic E-state index is 15.1. The molecule has 2 saturated carbocycles. The van der Waals surface area contributed by atoms with Crippen molar-refractivity contribution < 1.29 is 9.50 Å². The quantitative estimate of drug-likeness (QED) is 0.535. The monoisotopic (exact) mass is 476 g/mol. The van der Waals surface area contributed by atoms with Gasteiger partial charge in [-0.2, -0.15) is 0 Å². The third-order valence-corrected chi connectivity index (χ3v) is 8.19. The SMILES string of the molecule is CN(c1ccc(-c2c(O)cc(-c3ccn(C)c(=O)c3)cc2F)nn1)[C@H]1C[C@]2(C)CCC[C@](C)(C1)C2. The molecule has 6 nitrogen and oxygen atoms in total. The normalized spacial score (nSPS) is 25.9. The van der Waals surface area contributed by atoms with Gasteiger partial charge in [-0.3, -0.25) is 4.79 Å². The summed E-state index contributed by atoms with van der Waals surface area (Å²) in [5.74, 6) is -0.100. The number of phenolic OH excluding ortho intramolecular Hbond substituents is 1. The Kier molecular flexibility index (Phi) is 5.69. The number of halogens is 1. The largest absolute Gasteiger partial charge is 0.507 e. The van der Waals surface area contributed by atoms with Crippen molar-refractivity contribution in [3.05, 3.63) is 58.8 Å². The van der Waals surface area contributed by atoms with Crippen LogP contribution in [0, 0.1) is 16.6 Å². The number of hydrogen-bond acceptors (Lipinski definition) is 5. The molecule has 0 saturated heterocycles. The van der Waals surface area contributed by atoms with E-state index in [-0.39, 0.29) is 22.6 Å². The van der Waals surface area contributed by atoms with Gasteiger partial charge in [0.15, 0.2) is 5.82 Å². The molecule has 7 heteroatoms. The van der Waals surface area contributed by atoms with Crippen molar-refractivity contribution in [3.8, 4) is 28.1 Å². The first-order valence-corrected chi connectivity index (χ1v) is 12.3. The number of hydrogen-bond donors (Lipinski definition) is 1. The van der Waals surface area contributed by atoms with Gasteiger partial charge < -0.3 is 14.6 Å². The van der Waals surface area contributed by atoms with E-state index in [0.29, 0.717) is 28.0 Å². The lowest BCUT2D eigenvalue weighted by Gasteiger charge is -2.54. The van der Waals surface area contributed by atoms with Crippen molar-refractivity contribution >= 4 is 5.82 Å². The molecule has 184 valence electrons. The molecule has 0 amide bonds. The molecule has 2 aliphatic carbocycles. The Bertz CT molecular complexity index is 1280. The lowest BCUT2D eigenvalue weighted by atomic mass is 9.55. The van der Waals surface area contributed by atoms with E-state index in [1.165, 1.54) is 48.4 Å². The van der Waals surface area contributed by atoms with Crippen LogP contribution in [-0.2, 0) is 7.05 Å². The van der Waals surface area contributed by atoms with Gasteiger partial charge in [0.1, 0.15) is 11.6 Å². The second-order valence-electron chi connectivity index (χ2n) is 11.3. The number of rotatable bonds is 4. The average Bonchev–Trinajstić information content (AvgIpc) is 2.79. The molecule has 3 atom stereocenters. The molecule has 0 aliphatic heterocycles. The van der Waals surface area contributed by atoms with Gasteiger partial charge in [0.05, 0.1) is 11.3 Å². The Hall–Kier alpha value is -3.22. The van der Waals surface area contributed by atoms with Crippen LogP contribution in [0.5, 0.6) is 5.75 Å². The van der Waals surface area contributed by atoms with Crippen molar-refractivity contribution in [1.29, 1.82) is 0 Å². The van der Waals surface area contributed by atoms with Crippen LogP contribution in [0.2, 0.25) is 0 Å². The van der Waals surface area contributed by atoms with Crippen LogP contribution in [0.25, 0.3) is 22.4 Å². The molecule has 2 bridgehead atoms. The predicted octanol–water partition coefficient (Wildman–Crippen LogP) is 5.54. The van der Waals surface area contributed by atoms with Crippen LogP contribution in [-0.4, -0.2) is 33.0 Å². The highest BCUT2D eigenvalue weighted by atomic mass is 19.1. The first-order valence-electron chi connectivity index (χ1n) is 12.3. The number of fused-ring (bicyclic) bond motifs is 2. The molecule has 1 N–H and O–H groups in total. The maximum atomic E-state index is 15.1. The van der Waals surface area contributed by atoms with Gasteiger partial charge in [0.2, 0.25) is 0 Å². The molecular formula is C28H33FN4O2. The van der Waals surface area contributed by atoms with Crippen molar-refractivity contribution in [1.82, 2.24) is 14.8 Å². The molecule has 3 aromatic rings. The van der Waals surface area contributed by atoms with Gasteiger partial charge in [-0.15, -0.1) is 10.2 Å². The summed E-state index contributed by atoms with van der Waals surface area (Å²) in [6.45, 7) is 4.84. The number of nitrogens with zero attached hydrogens (tertiary/aromatic N) is 4. The highest BCUT2D eigenvalue weighted by molar-refractivity contribution is 5.75. The average molecular weight is 477 g/mol. The standard InChI is InChI=1S/C28H33FN4O2/c1-27-9-5-10-28(2,17-27)16-20(15-27)33(4)24-7-6-22(30-31-24)26-21(29)12-19(13-23(26)34)18-8-11-32(3)25(35)14-18/h6-8,11-14,20,34H,5,9-10,15-17H2,1-4H3/t20-,27-,28+. The van der Waals surface area contributed by atoms with E-state index in [1.54, 1.807) is 25.4 Å². The zero-order valence-electron chi connectivity index (χ0n) is 20.9. The summed E-state index contributed by atoms with van der Waals surface area (Å²) in [6, 6.07) is 9.85. The van der Waals surface area contributed by atoms with E-state index in [9.17, 15) is 9.90 Å². The van der Waals surface area contributed by atoms with E-state index in [4.69, 9.17) is 0 Å². The number of anilines is 1. The molecule has 2 aliphatic rings. The second-order valence-corrected chi connectivity index (χ2v) is 11.3. The number of aromatic nitrogens is 3. The summed E-state index contributed by atoms with van der Waals surface area (Å²) in [5.41, 5.74) is 1.78. The topological polar surface area (TPSA) is 71.2 Å². The zero-order chi connectivity index (χ0) is 25.0. The minimum atomic E-state index is -0.614.